The number of hydrogen-bond acceptors (Lipinski definition) is 3. The van der Waals surface area contributed by atoms with Crippen LogP contribution in [0.15, 0.2) is 58.4 Å². The quantitative estimate of drug-likeness (QED) is 0.484. The summed E-state index contributed by atoms with van der Waals surface area (Å²) in [6, 6.07) is 10.7. The smallest absolute Gasteiger partial charge is 0.320 e. The number of aromatic nitrogens is 4. The van der Waals surface area contributed by atoms with Gasteiger partial charge in [-0.25, -0.2) is 23.1 Å². The van der Waals surface area contributed by atoms with Crippen LogP contribution < -0.4 is 11.2 Å². The van der Waals surface area contributed by atoms with E-state index in [0.29, 0.717) is 19.4 Å². The summed E-state index contributed by atoms with van der Waals surface area (Å²) in [6.07, 6.45) is 4.74. The molecule has 2 aromatic heterocycles. The third-order valence-electron chi connectivity index (χ3n) is 6.16. The number of aryl methyl sites for hydroxylation is 1. The van der Waals surface area contributed by atoms with Gasteiger partial charge < -0.3 is 4.57 Å². The summed E-state index contributed by atoms with van der Waals surface area (Å²) in [4.78, 5) is 31.3. The predicted octanol–water partition coefficient (Wildman–Crippen LogP) is 4.10. The van der Waals surface area contributed by atoms with E-state index in [1.807, 2.05) is 31.2 Å². The van der Waals surface area contributed by atoms with Crippen molar-refractivity contribution >= 4 is 11.2 Å². The zero-order valence-electron chi connectivity index (χ0n) is 17.6. The van der Waals surface area contributed by atoms with Crippen LogP contribution in [0.3, 0.4) is 0 Å². The molecule has 0 radical (unpaired) electrons. The molecule has 1 fully saturated rings. The van der Waals surface area contributed by atoms with Crippen LogP contribution in [0.5, 0.6) is 0 Å². The molecular formula is C24H22F2N4O2. The molecule has 0 bridgehead atoms. The minimum atomic E-state index is -0.891. The molecule has 4 aromatic rings. The van der Waals surface area contributed by atoms with E-state index in [1.165, 1.54) is 17.0 Å². The molecule has 0 unspecified atom stereocenters. The zero-order valence-corrected chi connectivity index (χ0v) is 17.6. The van der Waals surface area contributed by atoms with E-state index in [4.69, 9.17) is 0 Å². The van der Waals surface area contributed by atoms with Crippen LogP contribution in [0.4, 0.5) is 8.78 Å². The van der Waals surface area contributed by atoms with Gasteiger partial charge in [-0.15, -0.1) is 0 Å². The topological polar surface area (TPSA) is 61.8 Å². The molecule has 0 aliphatic heterocycles. The molecule has 2 aromatic carbocycles. The number of imidazole rings is 1. The molecule has 0 amide bonds. The van der Waals surface area contributed by atoms with Gasteiger partial charge in [-0.3, -0.25) is 9.36 Å². The fraction of sp³-hybridized carbons (Fsp3) is 0.292. The molecule has 6 nitrogen and oxygen atoms in total. The van der Waals surface area contributed by atoms with E-state index in [-0.39, 0.29) is 22.9 Å². The van der Waals surface area contributed by atoms with Crippen LogP contribution in [-0.4, -0.2) is 18.7 Å². The molecule has 2 heterocycles. The zero-order chi connectivity index (χ0) is 22.4. The van der Waals surface area contributed by atoms with Gasteiger partial charge in [0.2, 0.25) is 0 Å². The van der Waals surface area contributed by atoms with E-state index in [9.17, 15) is 18.4 Å². The lowest BCUT2D eigenvalue weighted by atomic mass is 10.1. The highest BCUT2D eigenvalue weighted by Crippen LogP contribution is 2.28. The molecule has 5 rings (SSSR count). The summed E-state index contributed by atoms with van der Waals surface area (Å²) >= 11 is 0. The van der Waals surface area contributed by atoms with Crippen molar-refractivity contribution < 1.29 is 8.78 Å². The lowest BCUT2D eigenvalue weighted by Gasteiger charge is -2.17. The molecule has 1 saturated carbocycles. The number of halogens is 2. The first-order valence-corrected chi connectivity index (χ1v) is 10.7. The van der Waals surface area contributed by atoms with Gasteiger partial charge in [0, 0.05) is 18.7 Å². The van der Waals surface area contributed by atoms with Crippen molar-refractivity contribution in [3.05, 3.63) is 92.4 Å². The third-order valence-corrected chi connectivity index (χ3v) is 6.16. The van der Waals surface area contributed by atoms with Crippen LogP contribution in [0.25, 0.3) is 16.9 Å². The molecule has 0 atom stereocenters. The van der Waals surface area contributed by atoms with Gasteiger partial charge in [0.15, 0.2) is 11.2 Å². The lowest BCUT2D eigenvalue weighted by molar-refractivity contribution is 0.472. The Kier molecular flexibility index (Phi) is 5.00. The molecule has 0 spiro atoms. The van der Waals surface area contributed by atoms with E-state index in [1.54, 1.807) is 4.57 Å². The minimum Gasteiger partial charge on any atom is -0.320 e. The van der Waals surface area contributed by atoms with Gasteiger partial charge in [-0.1, -0.05) is 42.7 Å². The first-order chi connectivity index (χ1) is 15.4. The van der Waals surface area contributed by atoms with Crippen molar-refractivity contribution in [1.29, 1.82) is 0 Å². The van der Waals surface area contributed by atoms with Gasteiger partial charge >= 0.3 is 5.69 Å². The molecule has 0 N–H and O–H groups in total. The molecule has 32 heavy (non-hydrogen) atoms. The van der Waals surface area contributed by atoms with E-state index in [2.05, 4.69) is 4.98 Å². The Labute approximate surface area is 182 Å². The molecule has 1 aliphatic carbocycles. The maximum absolute atomic E-state index is 14.7. The largest absolute Gasteiger partial charge is 0.337 e. The van der Waals surface area contributed by atoms with Crippen LogP contribution in [0, 0.1) is 18.6 Å². The highest BCUT2D eigenvalue weighted by molar-refractivity contribution is 5.72. The Bertz CT molecular complexity index is 1430. The van der Waals surface area contributed by atoms with Crippen LogP contribution in [0.1, 0.15) is 42.9 Å². The third kappa shape index (κ3) is 3.36. The molecule has 0 saturated heterocycles. The van der Waals surface area contributed by atoms with Gasteiger partial charge in [0.05, 0.1) is 12.0 Å². The average Bonchev–Trinajstić information content (AvgIpc) is 3.42. The summed E-state index contributed by atoms with van der Waals surface area (Å²) in [5.74, 6) is -1.64. The predicted molar refractivity (Wildman–Crippen MR) is 117 cm³/mol. The van der Waals surface area contributed by atoms with Gasteiger partial charge in [0.1, 0.15) is 11.6 Å². The fourth-order valence-electron chi connectivity index (χ4n) is 4.53. The minimum absolute atomic E-state index is 0.0619. The molecule has 8 heteroatoms. The second kappa shape index (κ2) is 7.85. The summed E-state index contributed by atoms with van der Waals surface area (Å²) in [6.45, 7) is 2.37. The van der Waals surface area contributed by atoms with Crippen LogP contribution >= 0.6 is 0 Å². The highest BCUT2D eigenvalue weighted by atomic mass is 19.1. The molecular weight excluding hydrogens is 414 g/mol. The van der Waals surface area contributed by atoms with Crippen molar-refractivity contribution in [1.82, 2.24) is 18.7 Å². The molecule has 1 aliphatic rings. The second-order valence-electron chi connectivity index (χ2n) is 8.36. The Morgan fingerprint density at radius 1 is 1.03 bits per heavy atom. The lowest BCUT2D eigenvalue weighted by Crippen LogP contribution is -2.42. The summed E-state index contributed by atoms with van der Waals surface area (Å²) in [5.41, 5.74) is 1.16. The van der Waals surface area contributed by atoms with Crippen molar-refractivity contribution in [2.45, 2.75) is 45.2 Å². The van der Waals surface area contributed by atoms with Crippen molar-refractivity contribution in [3.8, 4) is 5.69 Å². The maximum Gasteiger partial charge on any atom is 0.337 e. The SMILES string of the molecule is Cc1ccc(Cn2cnc3c2c(=O)n(C2CCCC2)c(=O)n3-c2ccc(F)cc2F)cc1. The normalized spacial score (nSPS) is 14.5. The van der Waals surface area contributed by atoms with Gasteiger partial charge in [-0.05, 0) is 37.5 Å². The maximum atomic E-state index is 14.7. The average molecular weight is 436 g/mol. The van der Waals surface area contributed by atoms with Crippen molar-refractivity contribution in [2.24, 2.45) is 0 Å². The fourth-order valence-corrected chi connectivity index (χ4v) is 4.53. The molecule has 164 valence electrons. The van der Waals surface area contributed by atoms with Crippen LogP contribution in [-0.2, 0) is 6.54 Å². The number of rotatable bonds is 4. The first-order valence-electron chi connectivity index (χ1n) is 10.7. The van der Waals surface area contributed by atoms with E-state index < -0.39 is 22.9 Å². The standard InChI is InChI=1S/C24H22F2N4O2/c1-15-6-8-16(9-7-15)13-28-14-27-22-21(28)23(31)29(18-4-2-3-5-18)24(32)30(22)20-11-10-17(25)12-19(20)26/h6-12,14,18H,2-5,13H2,1H3. The van der Waals surface area contributed by atoms with E-state index >= 15 is 0 Å². The Morgan fingerprint density at radius 2 is 1.75 bits per heavy atom. The van der Waals surface area contributed by atoms with Crippen molar-refractivity contribution in [2.75, 3.05) is 0 Å². The van der Waals surface area contributed by atoms with Gasteiger partial charge in [-0.2, -0.15) is 0 Å². The number of nitrogens with zero attached hydrogens (tertiary/aromatic N) is 4. The summed E-state index contributed by atoms with van der Waals surface area (Å²) < 4.78 is 32.3. The highest BCUT2D eigenvalue weighted by Gasteiger charge is 2.27. The summed E-state index contributed by atoms with van der Waals surface area (Å²) in [7, 11) is 0. The van der Waals surface area contributed by atoms with Crippen molar-refractivity contribution in [3.63, 3.8) is 0 Å². The summed E-state index contributed by atoms with van der Waals surface area (Å²) in [5, 5.41) is 0. The Morgan fingerprint density at radius 3 is 2.44 bits per heavy atom. The van der Waals surface area contributed by atoms with Gasteiger partial charge in [0.25, 0.3) is 5.56 Å². The Balaban J connectivity index is 1.79. The number of hydrogen-bond donors (Lipinski definition) is 0. The first kappa shape index (κ1) is 20.4. The number of fused-ring (bicyclic) bond motifs is 1. The second-order valence-corrected chi connectivity index (χ2v) is 8.36. The monoisotopic (exact) mass is 436 g/mol. The number of benzene rings is 2. The Hall–Kier alpha value is -3.55. The van der Waals surface area contributed by atoms with E-state index in [0.717, 1.165) is 40.7 Å². The van der Waals surface area contributed by atoms with Crippen LogP contribution in [0.2, 0.25) is 0 Å².